The molecule has 1 heterocycles. The molecule has 5 nitrogen and oxygen atoms in total. The monoisotopic (exact) mass is 269 g/mol. The molecule has 0 atom stereocenters. The van der Waals surface area contributed by atoms with Crippen LogP contribution < -0.4 is 5.73 Å². The van der Waals surface area contributed by atoms with Crippen LogP contribution in [0.15, 0.2) is 0 Å². The van der Waals surface area contributed by atoms with Crippen LogP contribution in [0.3, 0.4) is 0 Å². The molecule has 1 aliphatic heterocycles. The number of hydrogen-bond donors (Lipinski definition) is 2. The lowest BCUT2D eigenvalue weighted by Crippen LogP contribution is -2.55. The molecule has 1 saturated heterocycles. The fourth-order valence-electron chi connectivity index (χ4n) is 2.92. The summed E-state index contributed by atoms with van der Waals surface area (Å²) in [5.74, 6) is 0.199. The van der Waals surface area contributed by atoms with Gasteiger partial charge in [-0.3, -0.25) is 9.69 Å². The van der Waals surface area contributed by atoms with Crippen molar-refractivity contribution in [3.63, 3.8) is 0 Å². The summed E-state index contributed by atoms with van der Waals surface area (Å²) in [6.07, 6.45) is 3.62. The van der Waals surface area contributed by atoms with Gasteiger partial charge in [-0.15, -0.1) is 0 Å². The SMILES string of the molecule is CC(C)(O)CN1CCN(C(=O)CC2(N)CCC2)CC1. The first kappa shape index (κ1) is 14.8. The molecule has 1 aliphatic carbocycles. The van der Waals surface area contributed by atoms with Gasteiger partial charge < -0.3 is 15.7 Å². The van der Waals surface area contributed by atoms with Crippen LogP contribution in [0.25, 0.3) is 0 Å². The van der Waals surface area contributed by atoms with E-state index in [1.807, 2.05) is 18.7 Å². The lowest BCUT2D eigenvalue weighted by molar-refractivity contribution is -0.135. The zero-order chi connectivity index (χ0) is 14.1. The van der Waals surface area contributed by atoms with Gasteiger partial charge >= 0.3 is 0 Å². The largest absolute Gasteiger partial charge is 0.389 e. The minimum Gasteiger partial charge on any atom is -0.389 e. The molecule has 0 aromatic heterocycles. The van der Waals surface area contributed by atoms with Crippen LogP contribution in [0, 0.1) is 0 Å². The molecule has 19 heavy (non-hydrogen) atoms. The molecule has 2 fully saturated rings. The lowest BCUT2D eigenvalue weighted by Gasteiger charge is -2.41. The van der Waals surface area contributed by atoms with E-state index in [0.29, 0.717) is 13.0 Å². The zero-order valence-corrected chi connectivity index (χ0v) is 12.2. The molecule has 0 spiro atoms. The highest BCUT2D eigenvalue weighted by atomic mass is 16.3. The first-order valence-corrected chi connectivity index (χ1v) is 7.29. The summed E-state index contributed by atoms with van der Waals surface area (Å²) >= 11 is 0. The van der Waals surface area contributed by atoms with Gasteiger partial charge in [0.25, 0.3) is 0 Å². The molecule has 0 unspecified atom stereocenters. The third-order valence-electron chi connectivity index (χ3n) is 4.19. The van der Waals surface area contributed by atoms with Gasteiger partial charge in [0.15, 0.2) is 0 Å². The third-order valence-corrected chi connectivity index (χ3v) is 4.19. The summed E-state index contributed by atoms with van der Waals surface area (Å²) in [6, 6.07) is 0. The Morgan fingerprint density at radius 1 is 1.26 bits per heavy atom. The summed E-state index contributed by atoms with van der Waals surface area (Å²) in [7, 11) is 0. The van der Waals surface area contributed by atoms with Crippen LogP contribution in [0.5, 0.6) is 0 Å². The highest BCUT2D eigenvalue weighted by molar-refractivity contribution is 5.77. The van der Waals surface area contributed by atoms with E-state index in [9.17, 15) is 9.90 Å². The average molecular weight is 269 g/mol. The summed E-state index contributed by atoms with van der Waals surface area (Å²) in [5, 5.41) is 9.80. The van der Waals surface area contributed by atoms with E-state index in [0.717, 1.165) is 45.4 Å². The molecule has 0 aromatic rings. The van der Waals surface area contributed by atoms with Crippen LogP contribution in [-0.4, -0.2) is 64.7 Å². The molecular formula is C14H27N3O2. The predicted molar refractivity (Wildman–Crippen MR) is 74.7 cm³/mol. The molecule has 5 heteroatoms. The van der Waals surface area contributed by atoms with Crippen molar-refractivity contribution in [3.8, 4) is 0 Å². The summed E-state index contributed by atoms with van der Waals surface area (Å²) in [5.41, 5.74) is 5.24. The van der Waals surface area contributed by atoms with E-state index in [1.54, 1.807) is 0 Å². The molecule has 1 saturated carbocycles. The van der Waals surface area contributed by atoms with E-state index >= 15 is 0 Å². The Balaban J connectivity index is 1.75. The van der Waals surface area contributed by atoms with Crippen LogP contribution in [0.2, 0.25) is 0 Å². The molecule has 110 valence electrons. The average Bonchev–Trinajstić information content (AvgIpc) is 2.25. The maximum atomic E-state index is 12.2. The minimum atomic E-state index is -0.667. The Kier molecular flexibility index (Phi) is 4.18. The molecule has 2 aliphatic rings. The quantitative estimate of drug-likeness (QED) is 0.763. The topological polar surface area (TPSA) is 69.8 Å². The van der Waals surface area contributed by atoms with Crippen LogP contribution >= 0.6 is 0 Å². The first-order valence-electron chi connectivity index (χ1n) is 7.29. The molecule has 1 amide bonds. The van der Waals surface area contributed by atoms with Gasteiger partial charge in [0.05, 0.1) is 5.60 Å². The smallest absolute Gasteiger partial charge is 0.224 e. The van der Waals surface area contributed by atoms with Gasteiger partial charge in [-0.05, 0) is 33.1 Å². The number of nitrogens with two attached hydrogens (primary N) is 1. The second-order valence-electron chi connectivity index (χ2n) is 6.86. The van der Waals surface area contributed by atoms with Crippen molar-refractivity contribution in [2.45, 2.75) is 50.7 Å². The fourth-order valence-corrected chi connectivity index (χ4v) is 2.92. The van der Waals surface area contributed by atoms with Crippen molar-refractivity contribution in [1.29, 1.82) is 0 Å². The molecule has 3 N–H and O–H groups in total. The zero-order valence-electron chi connectivity index (χ0n) is 12.2. The predicted octanol–water partition coefficient (Wildman–Crippen LogP) is 0.173. The van der Waals surface area contributed by atoms with Crippen molar-refractivity contribution in [3.05, 3.63) is 0 Å². The van der Waals surface area contributed by atoms with E-state index in [-0.39, 0.29) is 11.4 Å². The molecule has 0 bridgehead atoms. The Hall–Kier alpha value is -0.650. The van der Waals surface area contributed by atoms with Crippen LogP contribution in [0.4, 0.5) is 0 Å². The normalized spacial score (nSPS) is 24.1. The Bertz CT molecular complexity index is 326. The first-order chi connectivity index (χ1) is 8.77. The van der Waals surface area contributed by atoms with Gasteiger partial charge in [-0.25, -0.2) is 0 Å². The number of piperazine rings is 1. The number of β-amino-alcohol motifs (C(OH)–C–C–N with tert-alkyl or cyclic N) is 1. The minimum absolute atomic E-state index is 0.199. The number of aliphatic hydroxyl groups is 1. The van der Waals surface area contributed by atoms with Gasteiger partial charge in [-0.2, -0.15) is 0 Å². The maximum absolute atomic E-state index is 12.2. The van der Waals surface area contributed by atoms with Gasteiger partial charge in [0.1, 0.15) is 0 Å². The number of hydrogen-bond acceptors (Lipinski definition) is 4. The van der Waals surface area contributed by atoms with Gasteiger partial charge in [-0.1, -0.05) is 0 Å². The van der Waals surface area contributed by atoms with Gasteiger partial charge in [0.2, 0.25) is 5.91 Å². The Morgan fingerprint density at radius 3 is 2.26 bits per heavy atom. The van der Waals surface area contributed by atoms with E-state index in [4.69, 9.17) is 5.73 Å². The number of carbonyl (C=O) groups is 1. The van der Waals surface area contributed by atoms with Crippen molar-refractivity contribution in [1.82, 2.24) is 9.80 Å². The van der Waals surface area contributed by atoms with Crippen molar-refractivity contribution >= 4 is 5.91 Å². The number of carbonyl (C=O) groups excluding carboxylic acids is 1. The maximum Gasteiger partial charge on any atom is 0.224 e. The van der Waals surface area contributed by atoms with Crippen LogP contribution in [0.1, 0.15) is 39.5 Å². The number of rotatable bonds is 4. The molecule has 0 radical (unpaired) electrons. The van der Waals surface area contributed by atoms with Crippen molar-refractivity contribution in [2.24, 2.45) is 5.73 Å². The third kappa shape index (κ3) is 4.16. The van der Waals surface area contributed by atoms with E-state index < -0.39 is 5.60 Å². The van der Waals surface area contributed by atoms with Crippen molar-refractivity contribution < 1.29 is 9.90 Å². The van der Waals surface area contributed by atoms with Gasteiger partial charge in [0, 0.05) is 44.7 Å². The highest BCUT2D eigenvalue weighted by Crippen LogP contribution is 2.32. The van der Waals surface area contributed by atoms with Crippen LogP contribution in [-0.2, 0) is 4.79 Å². The summed E-state index contributed by atoms with van der Waals surface area (Å²) in [6.45, 7) is 7.49. The van der Waals surface area contributed by atoms with E-state index in [1.165, 1.54) is 0 Å². The highest BCUT2D eigenvalue weighted by Gasteiger charge is 2.36. The molecule has 2 rings (SSSR count). The van der Waals surface area contributed by atoms with E-state index in [2.05, 4.69) is 4.90 Å². The summed E-state index contributed by atoms with van der Waals surface area (Å²) in [4.78, 5) is 16.3. The Morgan fingerprint density at radius 2 is 1.84 bits per heavy atom. The number of amides is 1. The Labute approximate surface area is 115 Å². The molecular weight excluding hydrogens is 242 g/mol. The molecule has 0 aromatic carbocycles. The summed E-state index contributed by atoms with van der Waals surface area (Å²) < 4.78 is 0. The fraction of sp³-hybridized carbons (Fsp3) is 0.929. The second-order valence-corrected chi connectivity index (χ2v) is 6.86. The lowest BCUT2D eigenvalue weighted by atomic mass is 9.75. The number of nitrogens with zero attached hydrogens (tertiary/aromatic N) is 2. The van der Waals surface area contributed by atoms with Crippen molar-refractivity contribution in [2.75, 3.05) is 32.7 Å². The second kappa shape index (κ2) is 5.38. The standard InChI is InChI=1S/C14H27N3O2/c1-13(2,19)11-16-6-8-17(9-7-16)12(18)10-14(15)4-3-5-14/h19H,3-11,15H2,1-2H3.